The zero-order valence-corrected chi connectivity index (χ0v) is 17.9. The van der Waals surface area contributed by atoms with E-state index in [1.54, 1.807) is 25.3 Å². The van der Waals surface area contributed by atoms with Crippen molar-refractivity contribution in [2.45, 2.75) is 45.1 Å². The molecule has 0 saturated carbocycles. The van der Waals surface area contributed by atoms with E-state index in [9.17, 15) is 14.4 Å². The summed E-state index contributed by atoms with van der Waals surface area (Å²) >= 11 is 0. The molecule has 5 rings (SSSR count). The largest absolute Gasteiger partial charge is 0.342 e. The normalized spacial score (nSPS) is 22.7. The van der Waals surface area contributed by atoms with Gasteiger partial charge in [-0.3, -0.25) is 19.4 Å². The Morgan fingerprint density at radius 2 is 1.84 bits per heavy atom. The van der Waals surface area contributed by atoms with E-state index in [0.29, 0.717) is 42.4 Å². The minimum Gasteiger partial charge on any atom is -0.342 e. The second-order valence-corrected chi connectivity index (χ2v) is 9.09. The Morgan fingerprint density at radius 3 is 2.61 bits per heavy atom. The molecule has 162 valence electrons. The lowest BCUT2D eigenvalue weighted by molar-refractivity contribution is -0.131. The van der Waals surface area contributed by atoms with Crippen LogP contribution in [0.2, 0.25) is 0 Å². The first-order valence-corrected chi connectivity index (χ1v) is 11.3. The monoisotopic (exact) mass is 420 g/mol. The third-order valence-corrected chi connectivity index (χ3v) is 6.96. The van der Waals surface area contributed by atoms with Gasteiger partial charge in [-0.25, -0.2) is 0 Å². The number of hydrogen-bond donors (Lipinski definition) is 0. The molecule has 7 heteroatoms. The van der Waals surface area contributed by atoms with Gasteiger partial charge in [0.2, 0.25) is 5.91 Å². The van der Waals surface area contributed by atoms with Gasteiger partial charge in [-0.2, -0.15) is 0 Å². The third kappa shape index (κ3) is 3.66. The van der Waals surface area contributed by atoms with E-state index in [4.69, 9.17) is 0 Å². The average molecular weight is 421 g/mol. The third-order valence-electron chi connectivity index (χ3n) is 6.96. The molecule has 7 nitrogen and oxygen atoms in total. The summed E-state index contributed by atoms with van der Waals surface area (Å²) in [6, 6.07) is 7.22. The van der Waals surface area contributed by atoms with Gasteiger partial charge >= 0.3 is 0 Å². The van der Waals surface area contributed by atoms with E-state index in [1.165, 1.54) is 0 Å². The van der Waals surface area contributed by atoms with Gasteiger partial charge in [0.15, 0.2) is 0 Å². The molecule has 2 aromatic heterocycles. The van der Waals surface area contributed by atoms with Crippen LogP contribution in [-0.4, -0.2) is 57.3 Å². The fraction of sp³-hybridized carbons (Fsp3) is 0.500. The van der Waals surface area contributed by atoms with Crippen LogP contribution in [0.15, 0.2) is 35.3 Å². The quantitative estimate of drug-likeness (QED) is 0.748. The number of likely N-dealkylation sites (tertiary alicyclic amines) is 2. The summed E-state index contributed by atoms with van der Waals surface area (Å²) in [5.74, 6) is 0.515. The maximum atomic E-state index is 13.2. The summed E-state index contributed by atoms with van der Waals surface area (Å²) < 4.78 is 1.86. The molecular formula is C24H28N4O3. The first kappa shape index (κ1) is 20.0. The van der Waals surface area contributed by atoms with Crippen molar-refractivity contribution < 1.29 is 9.59 Å². The van der Waals surface area contributed by atoms with Crippen LogP contribution in [0.1, 0.15) is 54.6 Å². The van der Waals surface area contributed by atoms with E-state index in [2.05, 4.69) is 4.98 Å². The van der Waals surface area contributed by atoms with Gasteiger partial charge in [-0.05, 0) is 49.8 Å². The van der Waals surface area contributed by atoms with Crippen molar-refractivity contribution in [1.29, 1.82) is 0 Å². The molecular weight excluding hydrogens is 392 g/mol. The Kier molecular flexibility index (Phi) is 5.12. The molecule has 5 heterocycles. The van der Waals surface area contributed by atoms with Gasteiger partial charge in [0.25, 0.3) is 11.5 Å². The van der Waals surface area contributed by atoms with E-state index >= 15 is 0 Å². The SMILES string of the molecule is CC(=O)N1C[C@@H]2C[C@H](C1)c1cc(-c3ncccc3C(=O)N3CCCCC3)cc(=O)n1C2. The van der Waals surface area contributed by atoms with E-state index in [-0.39, 0.29) is 23.3 Å². The highest BCUT2D eigenvalue weighted by Gasteiger charge is 2.36. The summed E-state index contributed by atoms with van der Waals surface area (Å²) in [6.45, 7) is 5.13. The molecule has 31 heavy (non-hydrogen) atoms. The van der Waals surface area contributed by atoms with E-state index in [1.807, 2.05) is 26.5 Å². The zero-order chi connectivity index (χ0) is 21.5. The Morgan fingerprint density at radius 1 is 1.03 bits per heavy atom. The van der Waals surface area contributed by atoms with Crippen LogP contribution in [0, 0.1) is 5.92 Å². The molecule has 3 aliphatic rings. The van der Waals surface area contributed by atoms with Gasteiger partial charge in [0.05, 0.1) is 11.3 Å². The van der Waals surface area contributed by atoms with Gasteiger partial charge in [-0.1, -0.05) is 0 Å². The number of amides is 2. The molecule has 3 aliphatic heterocycles. The molecule has 0 spiro atoms. The predicted molar refractivity (Wildman–Crippen MR) is 117 cm³/mol. The topological polar surface area (TPSA) is 75.5 Å². The molecule has 0 unspecified atom stereocenters. The summed E-state index contributed by atoms with van der Waals surface area (Å²) in [4.78, 5) is 46.5. The van der Waals surface area contributed by atoms with Gasteiger partial charge in [0, 0.05) is 69.1 Å². The molecule has 2 amide bonds. The number of piperidine rings is 2. The number of rotatable bonds is 2. The number of fused-ring (bicyclic) bond motifs is 4. The van der Waals surface area contributed by atoms with Gasteiger partial charge in [0.1, 0.15) is 0 Å². The summed E-state index contributed by atoms with van der Waals surface area (Å²) in [5, 5.41) is 0. The van der Waals surface area contributed by atoms with E-state index < -0.39 is 0 Å². The number of carbonyl (C=O) groups excluding carboxylic acids is 2. The lowest BCUT2D eigenvalue weighted by Crippen LogP contribution is -2.48. The highest BCUT2D eigenvalue weighted by atomic mass is 16.2. The summed E-state index contributed by atoms with van der Waals surface area (Å²) in [7, 11) is 0. The van der Waals surface area contributed by atoms with Crippen molar-refractivity contribution in [2.24, 2.45) is 5.92 Å². The maximum absolute atomic E-state index is 13.2. The molecule has 2 atom stereocenters. The van der Waals surface area contributed by atoms with Crippen molar-refractivity contribution in [1.82, 2.24) is 19.4 Å². The van der Waals surface area contributed by atoms with Crippen LogP contribution in [-0.2, 0) is 11.3 Å². The number of hydrogen-bond acceptors (Lipinski definition) is 4. The molecule has 0 aliphatic carbocycles. The molecule has 2 bridgehead atoms. The number of pyridine rings is 2. The lowest BCUT2D eigenvalue weighted by atomic mass is 9.82. The molecule has 0 radical (unpaired) electrons. The molecule has 2 aromatic rings. The number of nitrogens with zero attached hydrogens (tertiary/aromatic N) is 4. The minimum absolute atomic E-state index is 0.0129. The average Bonchev–Trinajstić information content (AvgIpc) is 2.79. The summed E-state index contributed by atoms with van der Waals surface area (Å²) in [5.41, 5.74) is 2.71. The van der Waals surface area contributed by atoms with Crippen LogP contribution in [0.5, 0.6) is 0 Å². The Hall–Kier alpha value is -2.96. The lowest BCUT2D eigenvalue weighted by Gasteiger charge is -2.42. The van der Waals surface area contributed by atoms with Crippen LogP contribution >= 0.6 is 0 Å². The maximum Gasteiger partial charge on any atom is 0.256 e. The highest BCUT2D eigenvalue weighted by Crippen LogP contribution is 2.36. The number of carbonyl (C=O) groups is 2. The zero-order valence-electron chi connectivity index (χ0n) is 17.9. The Bertz CT molecular complexity index is 1090. The first-order valence-electron chi connectivity index (χ1n) is 11.3. The number of aromatic nitrogens is 2. The molecule has 2 saturated heterocycles. The van der Waals surface area contributed by atoms with Crippen LogP contribution in [0.3, 0.4) is 0 Å². The molecule has 0 N–H and O–H groups in total. The predicted octanol–water partition coefficient (Wildman–Crippen LogP) is 2.50. The van der Waals surface area contributed by atoms with Crippen molar-refractivity contribution in [2.75, 3.05) is 26.2 Å². The van der Waals surface area contributed by atoms with Crippen molar-refractivity contribution >= 4 is 11.8 Å². The first-order chi connectivity index (χ1) is 15.0. The molecule has 0 aromatic carbocycles. The fourth-order valence-corrected chi connectivity index (χ4v) is 5.43. The molecule has 2 fully saturated rings. The standard InChI is InChI=1S/C24H28N4O3/c1-16(29)27-13-17-10-19(15-27)21-11-18(12-22(30)28(21)14-17)23-20(6-5-7-25-23)24(31)26-8-3-2-4-9-26/h5-7,11-12,17,19H,2-4,8-10,13-15H2,1H3/t17-,19+/m0/s1. The smallest absolute Gasteiger partial charge is 0.256 e. The minimum atomic E-state index is -0.0551. The van der Waals surface area contributed by atoms with Crippen molar-refractivity contribution in [3.8, 4) is 11.3 Å². The van der Waals surface area contributed by atoms with Crippen LogP contribution in [0.25, 0.3) is 11.3 Å². The fourth-order valence-electron chi connectivity index (χ4n) is 5.43. The van der Waals surface area contributed by atoms with E-state index in [0.717, 1.165) is 44.5 Å². The van der Waals surface area contributed by atoms with Crippen molar-refractivity contribution in [3.05, 3.63) is 52.1 Å². The summed E-state index contributed by atoms with van der Waals surface area (Å²) in [6.07, 6.45) is 5.86. The van der Waals surface area contributed by atoms with Crippen LogP contribution in [0.4, 0.5) is 0 Å². The second-order valence-electron chi connectivity index (χ2n) is 9.09. The second kappa shape index (κ2) is 7.94. The van der Waals surface area contributed by atoms with Gasteiger partial charge < -0.3 is 14.4 Å². The Labute approximate surface area is 181 Å². The van der Waals surface area contributed by atoms with Crippen LogP contribution < -0.4 is 5.56 Å². The van der Waals surface area contributed by atoms with Crippen molar-refractivity contribution in [3.63, 3.8) is 0 Å². The van der Waals surface area contributed by atoms with Gasteiger partial charge in [-0.15, -0.1) is 0 Å². The highest BCUT2D eigenvalue weighted by molar-refractivity contribution is 6.00. The Balaban J connectivity index is 1.54.